The molecular formula is C11H12O4. The third kappa shape index (κ3) is 3.09. The van der Waals surface area contributed by atoms with Crippen molar-refractivity contribution in [1.82, 2.24) is 0 Å². The number of esters is 1. The first-order chi connectivity index (χ1) is 7.15. The predicted molar refractivity (Wildman–Crippen MR) is 53.5 cm³/mol. The number of ether oxygens (including phenoxy) is 1. The number of carboxylic acids is 1. The molecule has 1 heterocycles. The summed E-state index contributed by atoms with van der Waals surface area (Å²) in [6.45, 7) is 2.04. The van der Waals surface area contributed by atoms with Crippen molar-refractivity contribution in [3.8, 4) is 0 Å². The Kier molecular flexibility index (Phi) is 3.85. The van der Waals surface area contributed by atoms with E-state index >= 15 is 0 Å². The van der Waals surface area contributed by atoms with Crippen LogP contribution in [0.3, 0.4) is 0 Å². The number of carboxylic acid groups (broad SMARTS) is 1. The highest BCUT2D eigenvalue weighted by Gasteiger charge is 2.18. The summed E-state index contributed by atoms with van der Waals surface area (Å²) in [5, 5.41) is 7.72. The summed E-state index contributed by atoms with van der Waals surface area (Å²) in [6, 6.07) is 7.43. The Bertz CT molecular complexity index is 371. The second-order valence-electron chi connectivity index (χ2n) is 2.98. The van der Waals surface area contributed by atoms with Gasteiger partial charge in [-0.1, -0.05) is 25.1 Å². The van der Waals surface area contributed by atoms with Crippen LogP contribution in [0.2, 0.25) is 0 Å². The molecule has 4 heteroatoms. The maximum Gasteiger partial charge on any atom is 0.338 e. The van der Waals surface area contributed by atoms with E-state index in [-0.39, 0.29) is 12.4 Å². The predicted octanol–water partition coefficient (Wildman–Crippen LogP) is 1.84. The molecule has 0 radical (unpaired) electrons. The van der Waals surface area contributed by atoms with Gasteiger partial charge >= 0.3 is 11.9 Å². The third-order valence-corrected chi connectivity index (χ3v) is 1.90. The Morgan fingerprint density at radius 3 is 2.60 bits per heavy atom. The van der Waals surface area contributed by atoms with Crippen molar-refractivity contribution in [2.45, 2.75) is 20.0 Å². The minimum absolute atomic E-state index is 0.199. The summed E-state index contributed by atoms with van der Waals surface area (Å²) >= 11 is 0. The molecule has 0 saturated heterocycles. The Morgan fingerprint density at radius 1 is 1.47 bits per heavy atom. The lowest BCUT2D eigenvalue weighted by Gasteiger charge is -1.87. The number of hydrogen-bond acceptors (Lipinski definition) is 3. The summed E-state index contributed by atoms with van der Waals surface area (Å²) in [4.78, 5) is 20.2. The van der Waals surface area contributed by atoms with Crippen LogP contribution in [0, 0.1) is 0 Å². The molecular weight excluding hydrogens is 196 g/mol. The van der Waals surface area contributed by atoms with Gasteiger partial charge in [-0.15, -0.1) is 0 Å². The molecule has 1 aromatic rings. The van der Waals surface area contributed by atoms with Crippen LogP contribution in [-0.4, -0.2) is 17.0 Å². The van der Waals surface area contributed by atoms with Crippen molar-refractivity contribution in [2.75, 3.05) is 0 Å². The Morgan fingerprint density at radius 2 is 2.07 bits per heavy atom. The van der Waals surface area contributed by atoms with E-state index in [4.69, 9.17) is 9.84 Å². The lowest BCUT2D eigenvalue weighted by atomic mass is 10.1. The smallest absolute Gasteiger partial charge is 0.338 e. The fraction of sp³-hybridized carbons (Fsp3) is 0.273. The topological polar surface area (TPSA) is 63.6 Å². The van der Waals surface area contributed by atoms with Crippen molar-refractivity contribution in [3.63, 3.8) is 0 Å². The average molecular weight is 208 g/mol. The molecule has 2 rings (SSSR count). The molecule has 0 saturated carbocycles. The summed E-state index contributed by atoms with van der Waals surface area (Å²) in [7, 11) is 0. The second kappa shape index (κ2) is 5.14. The van der Waals surface area contributed by atoms with Gasteiger partial charge < -0.3 is 9.84 Å². The Labute approximate surface area is 87.5 Å². The number of benzene rings is 1. The number of fused-ring (bicyclic) bond motifs is 1. The molecule has 1 aliphatic heterocycles. The molecule has 15 heavy (non-hydrogen) atoms. The van der Waals surface area contributed by atoms with E-state index in [1.54, 1.807) is 13.0 Å². The molecule has 4 nitrogen and oxygen atoms in total. The third-order valence-electron chi connectivity index (χ3n) is 1.90. The van der Waals surface area contributed by atoms with E-state index < -0.39 is 5.97 Å². The molecule has 1 aromatic carbocycles. The summed E-state index contributed by atoms with van der Waals surface area (Å²) < 4.78 is 4.78. The molecule has 0 aliphatic carbocycles. The van der Waals surface area contributed by atoms with E-state index in [0.717, 1.165) is 5.56 Å². The summed E-state index contributed by atoms with van der Waals surface area (Å²) in [6.07, 6.45) is 0.222. The molecule has 80 valence electrons. The molecule has 0 amide bonds. The maximum atomic E-state index is 10.8. The van der Waals surface area contributed by atoms with Crippen LogP contribution in [-0.2, 0) is 16.1 Å². The lowest BCUT2D eigenvalue weighted by molar-refractivity contribution is -0.136. The van der Waals surface area contributed by atoms with Gasteiger partial charge in [-0.3, -0.25) is 4.79 Å². The van der Waals surface area contributed by atoms with Crippen LogP contribution in [0.4, 0.5) is 0 Å². The molecule has 1 aliphatic rings. The van der Waals surface area contributed by atoms with Gasteiger partial charge in [-0.05, 0) is 6.07 Å². The summed E-state index contributed by atoms with van der Waals surface area (Å²) in [5.74, 6) is -0.944. The largest absolute Gasteiger partial charge is 0.481 e. The standard InChI is InChI=1S/C8H6O2.C3H6O2/c9-8-7-4-2-1-3-6(7)5-10-8;1-2-3(4)5/h1-4H,5H2;2H2,1H3,(H,4,5). The number of cyclic esters (lactones) is 1. The van der Waals surface area contributed by atoms with Gasteiger partial charge in [0.1, 0.15) is 6.61 Å². The molecule has 0 fully saturated rings. The molecule has 0 unspecified atom stereocenters. The highest BCUT2D eigenvalue weighted by Crippen LogP contribution is 2.17. The highest BCUT2D eigenvalue weighted by molar-refractivity contribution is 5.93. The molecule has 1 N–H and O–H groups in total. The van der Waals surface area contributed by atoms with Crippen LogP contribution < -0.4 is 0 Å². The van der Waals surface area contributed by atoms with E-state index in [9.17, 15) is 9.59 Å². The number of rotatable bonds is 1. The fourth-order valence-electron chi connectivity index (χ4n) is 1.07. The molecule has 0 bridgehead atoms. The van der Waals surface area contributed by atoms with Crippen molar-refractivity contribution >= 4 is 11.9 Å². The minimum Gasteiger partial charge on any atom is -0.481 e. The van der Waals surface area contributed by atoms with Crippen LogP contribution in [0.1, 0.15) is 29.3 Å². The zero-order valence-corrected chi connectivity index (χ0v) is 8.40. The van der Waals surface area contributed by atoms with E-state index in [2.05, 4.69) is 0 Å². The van der Waals surface area contributed by atoms with Gasteiger partial charge in [0.05, 0.1) is 5.56 Å². The number of aliphatic carboxylic acids is 1. The van der Waals surface area contributed by atoms with Crippen LogP contribution in [0.15, 0.2) is 24.3 Å². The van der Waals surface area contributed by atoms with E-state index in [0.29, 0.717) is 12.2 Å². The van der Waals surface area contributed by atoms with Crippen LogP contribution in [0.5, 0.6) is 0 Å². The van der Waals surface area contributed by atoms with Gasteiger partial charge in [0.15, 0.2) is 0 Å². The molecule has 0 aromatic heterocycles. The second-order valence-corrected chi connectivity index (χ2v) is 2.98. The number of carbonyl (C=O) groups is 2. The van der Waals surface area contributed by atoms with Gasteiger partial charge in [-0.25, -0.2) is 4.79 Å². The lowest BCUT2D eigenvalue weighted by Crippen LogP contribution is -1.91. The monoisotopic (exact) mass is 208 g/mol. The van der Waals surface area contributed by atoms with Crippen molar-refractivity contribution in [1.29, 1.82) is 0 Å². The first kappa shape index (κ1) is 11.2. The SMILES string of the molecule is CCC(=O)O.O=C1OCc2ccccc21. The van der Waals surface area contributed by atoms with Gasteiger partial charge in [-0.2, -0.15) is 0 Å². The van der Waals surface area contributed by atoms with Crippen molar-refractivity contribution in [2.24, 2.45) is 0 Å². The quantitative estimate of drug-likeness (QED) is 0.715. The minimum atomic E-state index is -0.745. The zero-order valence-electron chi connectivity index (χ0n) is 8.40. The normalized spacial score (nSPS) is 12.2. The van der Waals surface area contributed by atoms with Crippen LogP contribution >= 0.6 is 0 Å². The first-order valence-corrected chi connectivity index (χ1v) is 4.62. The van der Waals surface area contributed by atoms with Gasteiger partial charge in [0, 0.05) is 12.0 Å². The van der Waals surface area contributed by atoms with Crippen molar-refractivity contribution in [3.05, 3.63) is 35.4 Å². The van der Waals surface area contributed by atoms with E-state index in [1.807, 2.05) is 18.2 Å². The molecule has 0 atom stereocenters. The first-order valence-electron chi connectivity index (χ1n) is 4.62. The summed E-state index contributed by atoms with van der Waals surface area (Å²) in [5.41, 5.74) is 1.70. The Hall–Kier alpha value is -1.84. The van der Waals surface area contributed by atoms with E-state index in [1.165, 1.54) is 0 Å². The average Bonchev–Trinajstić information content (AvgIpc) is 2.62. The highest BCUT2D eigenvalue weighted by atomic mass is 16.5. The fourth-order valence-corrected chi connectivity index (χ4v) is 1.07. The maximum absolute atomic E-state index is 10.8. The van der Waals surface area contributed by atoms with Gasteiger partial charge in [0.2, 0.25) is 0 Å². The van der Waals surface area contributed by atoms with Gasteiger partial charge in [0.25, 0.3) is 0 Å². The zero-order chi connectivity index (χ0) is 11.3. The number of hydrogen-bond donors (Lipinski definition) is 1. The van der Waals surface area contributed by atoms with Crippen molar-refractivity contribution < 1.29 is 19.4 Å². The number of carbonyl (C=O) groups excluding carboxylic acids is 1. The Balaban J connectivity index is 0.000000195. The molecule has 0 spiro atoms. The van der Waals surface area contributed by atoms with Crippen LogP contribution in [0.25, 0.3) is 0 Å².